The fourth-order valence-corrected chi connectivity index (χ4v) is 2.50. The molecule has 1 aromatic carbocycles. The minimum atomic E-state index is -1.09. The molecule has 0 saturated carbocycles. The molecular weight excluding hydrogens is 328 g/mol. The summed E-state index contributed by atoms with van der Waals surface area (Å²) in [6.07, 6.45) is 0.319. The van der Waals surface area contributed by atoms with Crippen molar-refractivity contribution in [3.63, 3.8) is 0 Å². The van der Waals surface area contributed by atoms with E-state index in [0.29, 0.717) is 12.1 Å². The van der Waals surface area contributed by atoms with Gasteiger partial charge in [-0.3, -0.25) is 14.5 Å². The lowest BCUT2D eigenvalue weighted by Crippen LogP contribution is -2.53. The summed E-state index contributed by atoms with van der Waals surface area (Å²) in [4.78, 5) is 37.3. The second kappa shape index (κ2) is 9.32. The van der Waals surface area contributed by atoms with E-state index in [9.17, 15) is 19.5 Å². The normalized spacial score (nSPS) is 13.2. The fraction of sp³-hybridized carbons (Fsp3) is 0.471. The van der Waals surface area contributed by atoms with Gasteiger partial charge >= 0.3 is 5.97 Å². The Morgan fingerprint density at radius 2 is 1.75 bits per heavy atom. The van der Waals surface area contributed by atoms with Crippen molar-refractivity contribution in [2.45, 2.75) is 39.3 Å². The summed E-state index contributed by atoms with van der Waals surface area (Å²) >= 11 is 4.00. The molecule has 0 aromatic heterocycles. The molecule has 132 valence electrons. The van der Waals surface area contributed by atoms with Crippen LogP contribution in [0, 0.1) is 5.92 Å². The minimum Gasteiger partial charge on any atom is -0.480 e. The molecule has 1 unspecified atom stereocenters. The molecule has 24 heavy (non-hydrogen) atoms. The molecule has 2 amide bonds. The van der Waals surface area contributed by atoms with E-state index in [4.69, 9.17) is 0 Å². The zero-order chi connectivity index (χ0) is 18.3. The number of carbonyl (C=O) groups is 3. The predicted octanol–water partition coefficient (Wildman–Crippen LogP) is 1.95. The highest BCUT2D eigenvalue weighted by Crippen LogP contribution is 2.18. The van der Waals surface area contributed by atoms with Gasteiger partial charge in [0.05, 0.1) is 5.75 Å². The van der Waals surface area contributed by atoms with Crippen molar-refractivity contribution in [1.82, 2.24) is 5.32 Å². The zero-order valence-electron chi connectivity index (χ0n) is 14.1. The summed E-state index contributed by atoms with van der Waals surface area (Å²) in [5.41, 5.74) is 0.565. The molecule has 0 heterocycles. The number of rotatable bonds is 8. The van der Waals surface area contributed by atoms with Crippen LogP contribution < -0.4 is 10.2 Å². The first-order valence-corrected chi connectivity index (χ1v) is 8.42. The number of aliphatic carboxylic acids is 1. The maximum absolute atomic E-state index is 12.5. The average molecular weight is 352 g/mol. The highest BCUT2D eigenvalue weighted by Gasteiger charge is 2.30. The van der Waals surface area contributed by atoms with Gasteiger partial charge in [-0.05, 0) is 31.4 Å². The molecule has 0 fully saturated rings. The van der Waals surface area contributed by atoms with Crippen molar-refractivity contribution in [1.29, 1.82) is 0 Å². The Balaban J connectivity index is 2.97. The van der Waals surface area contributed by atoms with Crippen molar-refractivity contribution >= 4 is 36.1 Å². The number of benzene rings is 1. The molecule has 0 aliphatic rings. The second-order valence-electron chi connectivity index (χ2n) is 5.96. The number of amides is 2. The number of carboxylic acids is 1. The van der Waals surface area contributed by atoms with Gasteiger partial charge in [-0.15, -0.1) is 0 Å². The smallest absolute Gasteiger partial charge is 0.326 e. The Bertz CT molecular complexity index is 577. The number of nitrogens with zero attached hydrogens (tertiary/aromatic N) is 1. The first kappa shape index (κ1) is 20.0. The van der Waals surface area contributed by atoms with Crippen LogP contribution in [0.1, 0.15) is 27.2 Å². The molecule has 0 aliphatic heterocycles. The largest absolute Gasteiger partial charge is 0.480 e. The molecule has 2 N–H and O–H groups in total. The third-order valence-electron chi connectivity index (χ3n) is 3.53. The lowest BCUT2D eigenvalue weighted by atomic mass is 10.0. The fourth-order valence-electron chi connectivity index (χ4n) is 2.35. The second-order valence-corrected chi connectivity index (χ2v) is 6.28. The maximum Gasteiger partial charge on any atom is 0.326 e. The Morgan fingerprint density at radius 1 is 1.17 bits per heavy atom. The third-order valence-corrected chi connectivity index (χ3v) is 3.80. The molecule has 6 nitrogen and oxygen atoms in total. The molecule has 0 spiro atoms. The minimum absolute atomic E-state index is 0.0547. The summed E-state index contributed by atoms with van der Waals surface area (Å²) in [5, 5.41) is 11.8. The Kier molecular flexibility index (Phi) is 7.78. The standard InChI is InChI=1S/C17H24N2O4S/c1-11(2)9-14(17(22)23)18-16(21)12(3)19(15(20)10-24)13-7-5-4-6-8-13/h4-8,11-12,14,24H,9-10H2,1-3H3,(H,18,21)(H,22,23)/t12?,14-/m0/s1. The van der Waals surface area contributed by atoms with E-state index in [2.05, 4.69) is 17.9 Å². The summed E-state index contributed by atoms with van der Waals surface area (Å²) in [7, 11) is 0. The third kappa shape index (κ3) is 5.56. The van der Waals surface area contributed by atoms with Crippen molar-refractivity contribution in [3.8, 4) is 0 Å². The lowest BCUT2D eigenvalue weighted by Gasteiger charge is -2.29. The van der Waals surface area contributed by atoms with Crippen LogP contribution in [0.4, 0.5) is 5.69 Å². The first-order chi connectivity index (χ1) is 11.3. The van der Waals surface area contributed by atoms with E-state index in [1.807, 2.05) is 13.8 Å². The highest BCUT2D eigenvalue weighted by atomic mass is 32.1. The van der Waals surface area contributed by atoms with E-state index >= 15 is 0 Å². The first-order valence-electron chi connectivity index (χ1n) is 7.79. The molecule has 0 bridgehead atoms. The molecular formula is C17H24N2O4S. The van der Waals surface area contributed by atoms with Crippen molar-refractivity contribution in [2.24, 2.45) is 5.92 Å². The monoisotopic (exact) mass is 352 g/mol. The van der Waals surface area contributed by atoms with E-state index < -0.39 is 24.0 Å². The van der Waals surface area contributed by atoms with Crippen LogP contribution in [0.15, 0.2) is 30.3 Å². The topological polar surface area (TPSA) is 86.7 Å². The average Bonchev–Trinajstić information content (AvgIpc) is 2.54. The number of carboxylic acid groups (broad SMARTS) is 1. The van der Waals surface area contributed by atoms with E-state index in [-0.39, 0.29) is 17.6 Å². The van der Waals surface area contributed by atoms with Gasteiger partial charge in [0.15, 0.2) is 0 Å². The van der Waals surface area contributed by atoms with E-state index in [1.165, 1.54) is 4.90 Å². The molecule has 0 radical (unpaired) electrons. The lowest BCUT2D eigenvalue weighted by molar-refractivity contribution is -0.142. The van der Waals surface area contributed by atoms with Crippen LogP contribution in [0.2, 0.25) is 0 Å². The number of hydrogen-bond donors (Lipinski definition) is 3. The van der Waals surface area contributed by atoms with Gasteiger partial charge in [-0.1, -0.05) is 32.0 Å². The quantitative estimate of drug-likeness (QED) is 0.624. The number of hydrogen-bond acceptors (Lipinski definition) is 4. The highest BCUT2D eigenvalue weighted by molar-refractivity contribution is 7.81. The Morgan fingerprint density at radius 3 is 2.21 bits per heavy atom. The maximum atomic E-state index is 12.5. The number of anilines is 1. The molecule has 0 aliphatic carbocycles. The summed E-state index contributed by atoms with van der Waals surface area (Å²) in [6.45, 7) is 5.33. The molecule has 7 heteroatoms. The van der Waals surface area contributed by atoms with Gasteiger partial charge in [-0.2, -0.15) is 12.6 Å². The van der Waals surface area contributed by atoms with E-state index in [1.54, 1.807) is 37.3 Å². The van der Waals surface area contributed by atoms with Crippen LogP contribution in [-0.2, 0) is 14.4 Å². The van der Waals surface area contributed by atoms with Gasteiger partial charge in [0.25, 0.3) is 0 Å². The van der Waals surface area contributed by atoms with Gasteiger partial charge < -0.3 is 10.4 Å². The van der Waals surface area contributed by atoms with Gasteiger partial charge in [0, 0.05) is 5.69 Å². The van der Waals surface area contributed by atoms with Crippen molar-refractivity contribution in [2.75, 3.05) is 10.7 Å². The zero-order valence-corrected chi connectivity index (χ0v) is 15.0. The molecule has 1 rings (SSSR count). The SMILES string of the molecule is CC(C)C[C@H](NC(=O)C(C)N(C(=O)CS)c1ccccc1)C(=O)O. The van der Waals surface area contributed by atoms with Gasteiger partial charge in [0.1, 0.15) is 12.1 Å². The number of carbonyl (C=O) groups excluding carboxylic acids is 2. The van der Waals surface area contributed by atoms with E-state index in [0.717, 1.165) is 0 Å². The van der Waals surface area contributed by atoms with Crippen LogP contribution in [0.25, 0.3) is 0 Å². The predicted molar refractivity (Wildman–Crippen MR) is 96.3 cm³/mol. The summed E-state index contributed by atoms with van der Waals surface area (Å²) in [6, 6.07) is 6.93. The Hall–Kier alpha value is -2.02. The van der Waals surface area contributed by atoms with Crippen LogP contribution in [0.5, 0.6) is 0 Å². The summed E-state index contributed by atoms with van der Waals surface area (Å²) in [5.74, 6) is -1.87. The number of nitrogens with one attached hydrogen (secondary N) is 1. The van der Waals surface area contributed by atoms with Crippen LogP contribution in [0.3, 0.4) is 0 Å². The number of para-hydroxylation sites is 1. The van der Waals surface area contributed by atoms with Gasteiger partial charge in [0.2, 0.25) is 11.8 Å². The molecule has 1 aromatic rings. The van der Waals surface area contributed by atoms with Crippen molar-refractivity contribution < 1.29 is 19.5 Å². The Labute approximate surface area is 147 Å². The molecule has 0 saturated heterocycles. The van der Waals surface area contributed by atoms with Crippen molar-refractivity contribution in [3.05, 3.63) is 30.3 Å². The number of thiol groups is 1. The van der Waals surface area contributed by atoms with Crippen LogP contribution >= 0.6 is 12.6 Å². The van der Waals surface area contributed by atoms with Crippen LogP contribution in [-0.4, -0.2) is 40.7 Å². The van der Waals surface area contributed by atoms with Gasteiger partial charge in [-0.25, -0.2) is 4.79 Å². The summed E-state index contributed by atoms with van der Waals surface area (Å²) < 4.78 is 0. The molecule has 2 atom stereocenters.